The van der Waals surface area contributed by atoms with E-state index in [1.807, 2.05) is 25.1 Å². The van der Waals surface area contributed by atoms with Gasteiger partial charge in [0.1, 0.15) is 0 Å². The fourth-order valence-electron chi connectivity index (χ4n) is 2.63. The van der Waals surface area contributed by atoms with Crippen molar-refractivity contribution in [3.05, 3.63) is 34.3 Å². The van der Waals surface area contributed by atoms with Gasteiger partial charge in [0.25, 0.3) is 0 Å². The quantitative estimate of drug-likeness (QED) is 0.792. The van der Waals surface area contributed by atoms with Crippen LogP contribution in [0, 0.1) is 6.92 Å². The number of nitrogens with two attached hydrogens (primary N) is 1. The maximum Gasteiger partial charge on any atom is 0.0541 e. The molecule has 0 bridgehead atoms. The zero-order valence-corrected chi connectivity index (χ0v) is 10.3. The molecule has 0 aliphatic heterocycles. The van der Waals surface area contributed by atoms with Gasteiger partial charge in [0, 0.05) is 10.6 Å². The molecule has 1 saturated carbocycles. The van der Waals surface area contributed by atoms with Crippen LogP contribution in [-0.4, -0.2) is 11.2 Å². The zero-order valence-electron chi connectivity index (χ0n) is 9.54. The van der Waals surface area contributed by atoms with Crippen LogP contribution in [0.15, 0.2) is 18.2 Å². The van der Waals surface area contributed by atoms with Crippen molar-refractivity contribution in [2.45, 2.75) is 44.2 Å². The summed E-state index contributed by atoms with van der Waals surface area (Å²) in [5, 5.41) is 10.3. The summed E-state index contributed by atoms with van der Waals surface area (Å²) in [7, 11) is 0. The Hall–Kier alpha value is -0.570. The molecule has 16 heavy (non-hydrogen) atoms. The molecule has 1 aromatic rings. The van der Waals surface area contributed by atoms with Crippen LogP contribution in [0.25, 0.3) is 0 Å². The molecule has 0 saturated heterocycles. The van der Waals surface area contributed by atoms with Gasteiger partial charge in [-0.05, 0) is 49.8 Å². The van der Waals surface area contributed by atoms with Gasteiger partial charge in [-0.1, -0.05) is 23.7 Å². The maximum absolute atomic E-state index is 9.54. The van der Waals surface area contributed by atoms with Crippen LogP contribution in [0.2, 0.25) is 5.02 Å². The molecule has 0 heterocycles. The Balaban J connectivity index is 2.36. The number of aryl methyl sites for hydroxylation is 1. The fraction of sp³-hybridized carbons (Fsp3) is 0.538. The first-order chi connectivity index (χ1) is 7.53. The highest BCUT2D eigenvalue weighted by Gasteiger charge is 2.35. The number of rotatable bonds is 1. The van der Waals surface area contributed by atoms with Gasteiger partial charge in [0.15, 0.2) is 0 Å². The molecule has 2 nitrogen and oxygen atoms in total. The highest BCUT2D eigenvalue weighted by molar-refractivity contribution is 6.31. The molecule has 1 aliphatic rings. The lowest BCUT2D eigenvalue weighted by Crippen LogP contribution is -2.42. The van der Waals surface area contributed by atoms with Crippen molar-refractivity contribution in [1.82, 2.24) is 0 Å². The number of aliphatic hydroxyl groups excluding tert-OH is 1. The first kappa shape index (κ1) is 11.9. The second-order valence-corrected chi connectivity index (χ2v) is 5.23. The summed E-state index contributed by atoms with van der Waals surface area (Å²) in [6, 6.07) is 5.88. The smallest absolute Gasteiger partial charge is 0.0541 e. The highest BCUT2D eigenvalue weighted by Crippen LogP contribution is 2.39. The van der Waals surface area contributed by atoms with E-state index in [9.17, 15) is 5.11 Å². The summed E-state index contributed by atoms with van der Waals surface area (Å²) in [6.07, 6.45) is 2.94. The molecule has 2 rings (SSSR count). The van der Waals surface area contributed by atoms with Crippen LogP contribution >= 0.6 is 11.6 Å². The number of hydrogen-bond acceptors (Lipinski definition) is 2. The molecule has 0 atom stereocenters. The van der Waals surface area contributed by atoms with Gasteiger partial charge in [-0.25, -0.2) is 0 Å². The average Bonchev–Trinajstić information content (AvgIpc) is 2.23. The van der Waals surface area contributed by atoms with Crippen LogP contribution < -0.4 is 5.73 Å². The zero-order chi connectivity index (χ0) is 11.8. The van der Waals surface area contributed by atoms with Gasteiger partial charge < -0.3 is 10.8 Å². The Labute approximate surface area is 101 Å². The molecule has 0 radical (unpaired) electrons. The van der Waals surface area contributed by atoms with Crippen LogP contribution in [-0.2, 0) is 5.54 Å². The molecule has 3 N–H and O–H groups in total. The first-order valence-corrected chi connectivity index (χ1v) is 6.13. The molecule has 1 aliphatic carbocycles. The predicted octanol–water partition coefficient (Wildman–Crippen LogP) is 2.74. The summed E-state index contributed by atoms with van der Waals surface area (Å²) in [6.45, 7) is 2.04. The summed E-state index contributed by atoms with van der Waals surface area (Å²) in [5.41, 5.74) is 8.29. The summed E-state index contributed by atoms with van der Waals surface area (Å²) in [4.78, 5) is 0. The molecule has 0 unspecified atom stereocenters. The van der Waals surface area contributed by atoms with E-state index in [0.717, 1.165) is 41.8 Å². The second kappa shape index (κ2) is 4.36. The largest absolute Gasteiger partial charge is 0.393 e. The van der Waals surface area contributed by atoms with Gasteiger partial charge in [-0.3, -0.25) is 0 Å². The molecule has 88 valence electrons. The molecular weight excluding hydrogens is 222 g/mol. The van der Waals surface area contributed by atoms with Crippen molar-refractivity contribution in [1.29, 1.82) is 0 Å². The van der Waals surface area contributed by atoms with Crippen LogP contribution in [0.5, 0.6) is 0 Å². The van der Waals surface area contributed by atoms with Crippen LogP contribution in [0.1, 0.15) is 36.8 Å². The Bertz CT molecular complexity index is 363. The maximum atomic E-state index is 9.54. The minimum atomic E-state index is -0.359. The molecule has 1 fully saturated rings. The van der Waals surface area contributed by atoms with Crippen molar-refractivity contribution < 1.29 is 5.11 Å². The third-order valence-electron chi connectivity index (χ3n) is 3.57. The number of aliphatic hydroxyl groups is 1. The second-order valence-electron chi connectivity index (χ2n) is 4.82. The van der Waals surface area contributed by atoms with E-state index < -0.39 is 0 Å². The lowest BCUT2D eigenvalue weighted by molar-refractivity contribution is 0.0967. The van der Waals surface area contributed by atoms with Crippen molar-refractivity contribution in [2.75, 3.05) is 0 Å². The number of benzene rings is 1. The van der Waals surface area contributed by atoms with Crippen LogP contribution in [0.4, 0.5) is 0 Å². The minimum Gasteiger partial charge on any atom is -0.393 e. The van der Waals surface area contributed by atoms with Gasteiger partial charge >= 0.3 is 0 Å². The number of halogens is 1. The number of hydrogen-bond donors (Lipinski definition) is 2. The minimum absolute atomic E-state index is 0.195. The monoisotopic (exact) mass is 239 g/mol. The molecule has 3 heteroatoms. The van der Waals surface area contributed by atoms with Crippen LogP contribution in [0.3, 0.4) is 0 Å². The lowest BCUT2D eigenvalue weighted by atomic mass is 9.75. The SMILES string of the molecule is Cc1cccc(Cl)c1C1(N)CCC(O)CC1. The Morgan fingerprint density at radius 1 is 1.38 bits per heavy atom. The van der Waals surface area contributed by atoms with Gasteiger partial charge in [0.05, 0.1) is 6.10 Å². The van der Waals surface area contributed by atoms with E-state index in [0.29, 0.717) is 0 Å². The molecule has 0 amide bonds. The third-order valence-corrected chi connectivity index (χ3v) is 3.88. The van der Waals surface area contributed by atoms with E-state index in [1.54, 1.807) is 0 Å². The molecular formula is C13H18ClNO. The Morgan fingerprint density at radius 3 is 2.56 bits per heavy atom. The molecule has 0 aromatic heterocycles. The third kappa shape index (κ3) is 2.10. The van der Waals surface area contributed by atoms with E-state index in [1.165, 1.54) is 0 Å². The van der Waals surface area contributed by atoms with Gasteiger partial charge in [-0.2, -0.15) is 0 Å². The Kier molecular flexibility index (Phi) is 3.24. The lowest BCUT2D eigenvalue weighted by Gasteiger charge is -2.37. The van der Waals surface area contributed by atoms with E-state index >= 15 is 0 Å². The molecule has 0 spiro atoms. The summed E-state index contributed by atoms with van der Waals surface area (Å²) in [5.74, 6) is 0. The Morgan fingerprint density at radius 2 is 2.00 bits per heavy atom. The highest BCUT2D eigenvalue weighted by atomic mass is 35.5. The van der Waals surface area contributed by atoms with E-state index in [4.69, 9.17) is 17.3 Å². The molecule has 1 aromatic carbocycles. The topological polar surface area (TPSA) is 46.2 Å². The average molecular weight is 240 g/mol. The van der Waals surface area contributed by atoms with E-state index in [2.05, 4.69) is 0 Å². The standard InChI is InChI=1S/C13H18ClNO/c1-9-3-2-4-11(14)12(9)13(15)7-5-10(16)6-8-13/h2-4,10,16H,5-8,15H2,1H3. The predicted molar refractivity (Wildman–Crippen MR) is 66.5 cm³/mol. The van der Waals surface area contributed by atoms with Crippen molar-refractivity contribution in [3.63, 3.8) is 0 Å². The van der Waals surface area contributed by atoms with E-state index in [-0.39, 0.29) is 11.6 Å². The van der Waals surface area contributed by atoms with Crippen molar-refractivity contribution in [3.8, 4) is 0 Å². The summed E-state index contributed by atoms with van der Waals surface area (Å²) >= 11 is 6.25. The fourth-order valence-corrected chi connectivity index (χ4v) is 3.04. The van der Waals surface area contributed by atoms with Crippen molar-refractivity contribution >= 4 is 11.6 Å². The van der Waals surface area contributed by atoms with Gasteiger partial charge in [0.2, 0.25) is 0 Å². The summed E-state index contributed by atoms with van der Waals surface area (Å²) < 4.78 is 0. The first-order valence-electron chi connectivity index (χ1n) is 5.75. The normalized spacial score (nSPS) is 30.4. The van der Waals surface area contributed by atoms with Crippen molar-refractivity contribution in [2.24, 2.45) is 5.73 Å². The van der Waals surface area contributed by atoms with Gasteiger partial charge in [-0.15, -0.1) is 0 Å².